The summed E-state index contributed by atoms with van der Waals surface area (Å²) >= 11 is 6.01. The third-order valence-electron chi connectivity index (χ3n) is 5.40. The fraction of sp³-hybridized carbons (Fsp3) is 0.400. The highest BCUT2D eigenvalue weighted by Crippen LogP contribution is 2.26. The van der Waals surface area contributed by atoms with Crippen LogP contribution in [0.4, 0.5) is 0 Å². The first-order valence-corrected chi connectivity index (χ1v) is 11.4. The van der Waals surface area contributed by atoms with Crippen molar-refractivity contribution in [3.63, 3.8) is 0 Å². The largest absolute Gasteiger partial charge is 0.364 e. The number of piperidine rings is 1. The fourth-order valence-corrected chi connectivity index (χ4v) is 5.36. The summed E-state index contributed by atoms with van der Waals surface area (Å²) in [5, 5.41) is 3.59. The Morgan fingerprint density at radius 2 is 1.90 bits per heavy atom. The van der Waals surface area contributed by atoms with Crippen molar-refractivity contribution in [2.75, 3.05) is 13.1 Å². The van der Waals surface area contributed by atoms with Crippen LogP contribution in [-0.4, -0.2) is 42.2 Å². The van der Waals surface area contributed by atoms with Crippen LogP contribution < -0.4 is 11.1 Å². The molecule has 1 saturated heterocycles. The summed E-state index contributed by atoms with van der Waals surface area (Å²) in [6, 6.07) is 8.39. The van der Waals surface area contributed by atoms with Gasteiger partial charge >= 0.3 is 0 Å². The molecule has 8 nitrogen and oxygen atoms in total. The molecule has 0 radical (unpaired) electrons. The highest BCUT2D eigenvalue weighted by atomic mass is 35.5. The van der Waals surface area contributed by atoms with Crippen molar-refractivity contribution in [1.29, 1.82) is 0 Å². The summed E-state index contributed by atoms with van der Waals surface area (Å²) in [5.41, 5.74) is 6.30. The van der Waals surface area contributed by atoms with Gasteiger partial charge < -0.3 is 15.6 Å². The highest BCUT2D eigenvalue weighted by Gasteiger charge is 2.33. The second-order valence-electron chi connectivity index (χ2n) is 7.50. The summed E-state index contributed by atoms with van der Waals surface area (Å²) in [5.74, 6) is -1.06. The molecule has 1 aromatic carbocycles. The summed E-state index contributed by atoms with van der Waals surface area (Å²) in [4.78, 5) is 24.1. The van der Waals surface area contributed by atoms with E-state index in [-0.39, 0.29) is 41.5 Å². The number of benzene rings is 1. The summed E-state index contributed by atoms with van der Waals surface area (Å²) < 4.78 is 28.5. The number of hydrogen-bond donors (Lipinski definition) is 2. The minimum Gasteiger partial charge on any atom is -0.364 e. The summed E-state index contributed by atoms with van der Waals surface area (Å²) in [6.45, 7) is 2.34. The van der Waals surface area contributed by atoms with Crippen LogP contribution in [-0.2, 0) is 21.9 Å². The number of aryl methyl sites for hydroxylation is 1. The lowest BCUT2D eigenvalue weighted by Gasteiger charge is -2.31. The van der Waals surface area contributed by atoms with E-state index in [4.69, 9.17) is 17.3 Å². The van der Waals surface area contributed by atoms with Crippen LogP contribution in [0, 0.1) is 5.92 Å². The maximum Gasteiger partial charge on any atom is 0.265 e. The summed E-state index contributed by atoms with van der Waals surface area (Å²) in [7, 11) is -2.19. The van der Waals surface area contributed by atoms with Crippen molar-refractivity contribution in [3.05, 3.63) is 52.8 Å². The number of amides is 2. The number of nitrogens with zero attached hydrogens (tertiary/aromatic N) is 2. The first-order valence-electron chi connectivity index (χ1n) is 9.61. The lowest BCUT2D eigenvalue weighted by molar-refractivity contribution is -0.126. The molecule has 0 aliphatic carbocycles. The van der Waals surface area contributed by atoms with Crippen molar-refractivity contribution in [1.82, 2.24) is 14.2 Å². The predicted octanol–water partition coefficient (Wildman–Crippen LogP) is 2.06. The topological polar surface area (TPSA) is 114 Å². The molecule has 1 aliphatic rings. The molecule has 0 saturated carbocycles. The van der Waals surface area contributed by atoms with E-state index in [0.29, 0.717) is 17.9 Å². The standard InChI is InChI=1S/C20H25ClN4O4S/c1-13(15-4-3-5-16(21)10-15)23-20(27)14-6-8-25(9-7-14)30(28,29)17-11-18(19(22)26)24(2)12-17/h3-5,10-14H,6-9H2,1-2H3,(H2,22,26)(H,23,27)/t13-/m1/s1. The molecule has 3 N–H and O–H groups in total. The van der Waals surface area contributed by atoms with Gasteiger partial charge in [-0.3, -0.25) is 9.59 Å². The second kappa shape index (κ2) is 8.79. The van der Waals surface area contributed by atoms with Crippen molar-refractivity contribution in [2.45, 2.75) is 30.7 Å². The average molecular weight is 453 g/mol. The smallest absolute Gasteiger partial charge is 0.265 e. The van der Waals surface area contributed by atoms with E-state index in [2.05, 4.69) is 5.32 Å². The molecule has 1 aromatic heterocycles. The van der Waals surface area contributed by atoms with Gasteiger partial charge in [0.15, 0.2) is 0 Å². The zero-order valence-corrected chi connectivity index (χ0v) is 18.4. The number of nitrogens with two attached hydrogens (primary N) is 1. The van der Waals surface area contributed by atoms with Gasteiger partial charge in [-0.2, -0.15) is 4.31 Å². The normalized spacial score (nSPS) is 16.9. The third kappa shape index (κ3) is 4.69. The molecule has 1 fully saturated rings. The van der Waals surface area contributed by atoms with Crippen molar-refractivity contribution in [2.24, 2.45) is 18.7 Å². The van der Waals surface area contributed by atoms with Crippen molar-refractivity contribution in [3.8, 4) is 0 Å². The Kier molecular flexibility index (Phi) is 6.54. The Labute approximate surface area is 181 Å². The molecule has 0 bridgehead atoms. The van der Waals surface area contributed by atoms with Crippen LogP contribution in [0.5, 0.6) is 0 Å². The molecule has 30 heavy (non-hydrogen) atoms. The van der Waals surface area contributed by atoms with Crippen LogP contribution in [0.15, 0.2) is 41.4 Å². The Bertz CT molecular complexity index is 1060. The lowest BCUT2D eigenvalue weighted by atomic mass is 9.96. The molecule has 1 aliphatic heterocycles. The predicted molar refractivity (Wildman–Crippen MR) is 113 cm³/mol. The Morgan fingerprint density at radius 3 is 2.47 bits per heavy atom. The average Bonchev–Trinajstić information content (AvgIpc) is 3.11. The number of rotatable bonds is 6. The van der Waals surface area contributed by atoms with Crippen LogP contribution in [0.25, 0.3) is 0 Å². The highest BCUT2D eigenvalue weighted by molar-refractivity contribution is 7.89. The number of sulfonamides is 1. The number of primary amides is 1. The monoisotopic (exact) mass is 452 g/mol. The molecular formula is C20H25ClN4O4S. The number of aromatic nitrogens is 1. The second-order valence-corrected chi connectivity index (χ2v) is 9.87. The number of carbonyl (C=O) groups excluding carboxylic acids is 2. The van der Waals surface area contributed by atoms with Crippen LogP contribution in [0.3, 0.4) is 0 Å². The van der Waals surface area contributed by atoms with Crippen molar-refractivity contribution >= 4 is 33.4 Å². The fourth-order valence-electron chi connectivity index (χ4n) is 3.62. The molecule has 0 spiro atoms. The van der Waals surface area contributed by atoms with Crippen LogP contribution in [0.1, 0.15) is 41.9 Å². The van der Waals surface area contributed by atoms with E-state index in [1.54, 1.807) is 13.1 Å². The van der Waals surface area contributed by atoms with E-state index >= 15 is 0 Å². The minimum atomic E-state index is -3.76. The van der Waals surface area contributed by atoms with Crippen LogP contribution >= 0.6 is 11.6 Å². The van der Waals surface area contributed by atoms with Crippen LogP contribution in [0.2, 0.25) is 5.02 Å². The molecule has 162 valence electrons. The zero-order chi connectivity index (χ0) is 22.1. The number of halogens is 1. The lowest BCUT2D eigenvalue weighted by Crippen LogP contribution is -2.43. The Hall–Kier alpha value is -2.36. The molecule has 10 heteroatoms. The number of carbonyl (C=O) groups is 2. The van der Waals surface area contributed by atoms with Gasteiger partial charge in [-0.15, -0.1) is 0 Å². The van der Waals surface area contributed by atoms with Gasteiger partial charge in [0.05, 0.1) is 6.04 Å². The van der Waals surface area contributed by atoms with Gasteiger partial charge in [0.1, 0.15) is 10.6 Å². The third-order valence-corrected chi connectivity index (χ3v) is 7.50. The Morgan fingerprint density at radius 1 is 1.23 bits per heavy atom. The molecule has 1 atom stereocenters. The number of hydrogen-bond acceptors (Lipinski definition) is 4. The maximum atomic E-state index is 12.9. The Balaban J connectivity index is 1.62. The molecule has 2 heterocycles. The van der Waals surface area contributed by atoms with Gasteiger partial charge in [0.25, 0.3) is 5.91 Å². The molecular weight excluding hydrogens is 428 g/mol. The van der Waals surface area contributed by atoms with E-state index in [0.717, 1.165) is 5.56 Å². The van der Waals surface area contributed by atoms with Gasteiger partial charge in [-0.05, 0) is 43.5 Å². The first kappa shape index (κ1) is 22.3. The maximum absolute atomic E-state index is 12.9. The minimum absolute atomic E-state index is 0.0243. The molecule has 2 aromatic rings. The van der Waals surface area contributed by atoms with Gasteiger partial charge in [0.2, 0.25) is 15.9 Å². The summed E-state index contributed by atoms with van der Waals surface area (Å²) in [6.07, 6.45) is 2.21. The van der Waals surface area contributed by atoms with E-state index in [1.807, 2.05) is 25.1 Å². The van der Waals surface area contributed by atoms with E-state index in [9.17, 15) is 18.0 Å². The number of nitrogens with one attached hydrogen (secondary N) is 1. The van der Waals surface area contributed by atoms with E-state index < -0.39 is 15.9 Å². The van der Waals surface area contributed by atoms with Crippen molar-refractivity contribution < 1.29 is 18.0 Å². The molecule has 2 amide bonds. The van der Waals surface area contributed by atoms with E-state index in [1.165, 1.54) is 21.1 Å². The van der Waals surface area contributed by atoms with Gasteiger partial charge in [-0.25, -0.2) is 8.42 Å². The zero-order valence-electron chi connectivity index (χ0n) is 16.8. The first-order chi connectivity index (χ1) is 14.1. The molecule has 3 rings (SSSR count). The van der Waals surface area contributed by atoms with Gasteiger partial charge in [-0.1, -0.05) is 23.7 Å². The van der Waals surface area contributed by atoms with Gasteiger partial charge in [0, 0.05) is 37.3 Å². The quantitative estimate of drug-likeness (QED) is 0.697. The molecule has 0 unspecified atom stereocenters. The SMILES string of the molecule is C[C@@H](NC(=O)C1CCN(S(=O)(=O)c2cc(C(N)=O)n(C)c2)CC1)c1cccc(Cl)c1.